The molecule has 0 spiro atoms. The first-order valence-electron chi connectivity index (χ1n) is 9.91. The summed E-state index contributed by atoms with van der Waals surface area (Å²) in [4.78, 5) is 21.5. The normalized spacial score (nSPS) is 14.8. The average molecular weight is 451 g/mol. The number of hydrogen-bond donors (Lipinski definition) is 0. The molecule has 1 aliphatic heterocycles. The van der Waals surface area contributed by atoms with E-state index in [9.17, 15) is 13.6 Å². The van der Waals surface area contributed by atoms with Crippen molar-refractivity contribution in [3.05, 3.63) is 35.5 Å². The van der Waals surface area contributed by atoms with Crippen LogP contribution in [-0.4, -0.2) is 72.1 Å². The van der Waals surface area contributed by atoms with Crippen molar-refractivity contribution < 1.29 is 23.0 Å². The predicted molar refractivity (Wildman–Crippen MR) is 113 cm³/mol. The van der Waals surface area contributed by atoms with Gasteiger partial charge in [-0.05, 0) is 12.5 Å². The van der Waals surface area contributed by atoms with Gasteiger partial charge in [0.15, 0.2) is 10.9 Å². The minimum Gasteiger partial charge on any atom is -0.479 e. The van der Waals surface area contributed by atoms with Gasteiger partial charge in [-0.25, -0.2) is 13.8 Å². The highest BCUT2D eigenvalue weighted by molar-refractivity contribution is 7.22. The van der Waals surface area contributed by atoms with Crippen LogP contribution < -0.4 is 9.64 Å². The van der Waals surface area contributed by atoms with E-state index in [0.717, 1.165) is 37.0 Å². The molecule has 1 saturated heterocycles. The zero-order valence-electron chi connectivity index (χ0n) is 17.3. The highest BCUT2D eigenvalue weighted by Crippen LogP contribution is 2.33. The van der Waals surface area contributed by atoms with Crippen LogP contribution in [0.1, 0.15) is 16.8 Å². The van der Waals surface area contributed by atoms with Crippen molar-refractivity contribution >= 4 is 32.6 Å². The summed E-state index contributed by atoms with van der Waals surface area (Å²) in [5, 5.41) is 4.45. The molecule has 2 aromatic heterocycles. The van der Waals surface area contributed by atoms with Gasteiger partial charge < -0.3 is 9.47 Å². The molecule has 1 aromatic carbocycles. The second kappa shape index (κ2) is 9.25. The number of hydrogen-bond acceptors (Lipinski definition) is 7. The lowest BCUT2D eigenvalue weighted by Crippen LogP contribution is -2.39. The van der Waals surface area contributed by atoms with Crippen molar-refractivity contribution in [3.63, 3.8) is 0 Å². The Bertz CT molecular complexity index is 1080. The second-order valence-corrected chi connectivity index (χ2v) is 8.23. The third-order valence-electron chi connectivity index (χ3n) is 5.06. The number of anilines is 1. The largest absolute Gasteiger partial charge is 0.479 e. The van der Waals surface area contributed by atoms with Crippen molar-refractivity contribution in [2.45, 2.75) is 6.42 Å². The number of aryl methyl sites for hydroxylation is 1. The predicted octanol–water partition coefficient (Wildman–Crippen LogP) is 2.69. The van der Waals surface area contributed by atoms with E-state index in [1.165, 1.54) is 22.8 Å². The molecule has 31 heavy (non-hydrogen) atoms. The van der Waals surface area contributed by atoms with Crippen LogP contribution in [-0.2, 0) is 11.8 Å². The molecule has 4 rings (SSSR count). The Labute approximate surface area is 182 Å². The fourth-order valence-electron chi connectivity index (χ4n) is 3.53. The van der Waals surface area contributed by atoms with Gasteiger partial charge in [0.25, 0.3) is 5.91 Å². The molecule has 0 bridgehead atoms. The van der Waals surface area contributed by atoms with E-state index < -0.39 is 11.6 Å². The van der Waals surface area contributed by atoms with Crippen LogP contribution in [0.5, 0.6) is 5.88 Å². The first kappa shape index (κ1) is 21.6. The Morgan fingerprint density at radius 2 is 2.10 bits per heavy atom. The number of carbonyl (C=O) groups excluding carboxylic acids is 1. The number of nitrogens with zero attached hydrogens (tertiary/aromatic N) is 5. The quantitative estimate of drug-likeness (QED) is 0.550. The van der Waals surface area contributed by atoms with E-state index >= 15 is 0 Å². The third kappa shape index (κ3) is 4.68. The molecule has 11 heteroatoms. The summed E-state index contributed by atoms with van der Waals surface area (Å²) in [7, 11) is 3.13. The molecular formula is C20H23F2N5O3S. The summed E-state index contributed by atoms with van der Waals surface area (Å²) in [6.45, 7) is 4.21. The lowest BCUT2D eigenvalue weighted by molar-refractivity contribution is 0.0376. The Morgan fingerprint density at radius 3 is 2.84 bits per heavy atom. The highest BCUT2D eigenvalue weighted by Gasteiger charge is 2.27. The van der Waals surface area contributed by atoms with Crippen molar-refractivity contribution in [1.82, 2.24) is 19.7 Å². The third-order valence-corrected chi connectivity index (χ3v) is 6.08. The van der Waals surface area contributed by atoms with Crippen LogP contribution in [0, 0.1) is 11.6 Å². The second-order valence-electron chi connectivity index (χ2n) is 7.22. The van der Waals surface area contributed by atoms with Crippen LogP contribution in [0.4, 0.5) is 13.9 Å². The molecule has 166 valence electrons. The fraction of sp³-hybridized carbons (Fsp3) is 0.450. The van der Waals surface area contributed by atoms with Gasteiger partial charge in [-0.1, -0.05) is 11.3 Å². The van der Waals surface area contributed by atoms with Gasteiger partial charge in [0.2, 0.25) is 5.88 Å². The van der Waals surface area contributed by atoms with Gasteiger partial charge in [0.05, 0.1) is 25.0 Å². The number of amides is 1. The van der Waals surface area contributed by atoms with E-state index in [1.807, 2.05) is 0 Å². The van der Waals surface area contributed by atoms with Crippen molar-refractivity contribution in [3.8, 4) is 5.88 Å². The Hall–Kier alpha value is -2.63. The average Bonchev–Trinajstić information content (AvgIpc) is 3.35. The van der Waals surface area contributed by atoms with E-state index in [0.29, 0.717) is 36.0 Å². The number of aromatic nitrogens is 3. The SMILES string of the molecule is COc1nn(C)cc1C(=O)N(CCCN1CCOCC1)c1nc2c(F)cc(F)cc2s1. The van der Waals surface area contributed by atoms with E-state index in [2.05, 4.69) is 15.0 Å². The molecule has 3 aromatic rings. The first-order chi connectivity index (χ1) is 15.0. The van der Waals surface area contributed by atoms with Gasteiger partial charge in [-0.15, -0.1) is 5.10 Å². The molecule has 1 aliphatic rings. The monoisotopic (exact) mass is 451 g/mol. The molecule has 1 amide bonds. The number of halogens is 2. The molecule has 3 heterocycles. The molecule has 0 aliphatic carbocycles. The van der Waals surface area contributed by atoms with Crippen LogP contribution in [0.2, 0.25) is 0 Å². The highest BCUT2D eigenvalue weighted by atomic mass is 32.1. The van der Waals surface area contributed by atoms with E-state index in [-0.39, 0.29) is 22.9 Å². The lowest BCUT2D eigenvalue weighted by atomic mass is 10.2. The first-order valence-corrected chi connectivity index (χ1v) is 10.7. The Balaban J connectivity index is 1.63. The molecule has 0 atom stereocenters. The van der Waals surface area contributed by atoms with Gasteiger partial charge in [0.1, 0.15) is 16.9 Å². The summed E-state index contributed by atoms with van der Waals surface area (Å²) >= 11 is 1.08. The van der Waals surface area contributed by atoms with E-state index in [1.54, 1.807) is 13.2 Å². The topological polar surface area (TPSA) is 72.7 Å². The Morgan fingerprint density at radius 1 is 1.32 bits per heavy atom. The number of methoxy groups -OCH3 is 1. The zero-order valence-corrected chi connectivity index (χ0v) is 18.1. The van der Waals surface area contributed by atoms with Gasteiger partial charge >= 0.3 is 0 Å². The number of thiazole rings is 1. The number of rotatable bonds is 7. The minimum atomic E-state index is -0.753. The van der Waals surface area contributed by atoms with Gasteiger partial charge in [0, 0.05) is 45.5 Å². The molecular weight excluding hydrogens is 428 g/mol. The summed E-state index contributed by atoms with van der Waals surface area (Å²) < 4.78 is 40.3. The molecule has 0 N–H and O–H groups in total. The number of benzene rings is 1. The maximum atomic E-state index is 14.2. The van der Waals surface area contributed by atoms with E-state index in [4.69, 9.17) is 9.47 Å². The van der Waals surface area contributed by atoms with Gasteiger partial charge in [-0.3, -0.25) is 19.3 Å². The maximum Gasteiger partial charge on any atom is 0.267 e. The number of morpholine rings is 1. The molecule has 0 saturated carbocycles. The number of carbonyl (C=O) groups is 1. The Kier molecular flexibility index (Phi) is 6.44. The summed E-state index contributed by atoms with van der Waals surface area (Å²) in [5.74, 6) is -1.59. The van der Waals surface area contributed by atoms with Crippen molar-refractivity contribution in [2.24, 2.45) is 7.05 Å². The number of fused-ring (bicyclic) bond motifs is 1. The van der Waals surface area contributed by atoms with Crippen LogP contribution in [0.25, 0.3) is 10.2 Å². The number of ether oxygens (including phenoxy) is 2. The molecule has 1 fully saturated rings. The molecule has 0 radical (unpaired) electrons. The van der Waals surface area contributed by atoms with Crippen LogP contribution >= 0.6 is 11.3 Å². The van der Waals surface area contributed by atoms with Crippen LogP contribution in [0.3, 0.4) is 0 Å². The maximum absolute atomic E-state index is 14.2. The van der Waals surface area contributed by atoms with Crippen LogP contribution in [0.15, 0.2) is 18.3 Å². The minimum absolute atomic E-state index is 0.0468. The van der Waals surface area contributed by atoms with Crippen molar-refractivity contribution in [1.29, 1.82) is 0 Å². The standard InChI is InChI=1S/C20H23F2N5O3S/c1-25-12-14(18(24-25)29-2)19(28)27(5-3-4-26-6-8-30-9-7-26)20-23-17-15(22)10-13(21)11-16(17)31-20/h10-12H,3-9H2,1-2H3. The van der Waals surface area contributed by atoms with Crippen molar-refractivity contribution in [2.75, 3.05) is 51.4 Å². The smallest absolute Gasteiger partial charge is 0.267 e. The molecule has 0 unspecified atom stereocenters. The fourth-order valence-corrected chi connectivity index (χ4v) is 4.56. The summed E-state index contributed by atoms with van der Waals surface area (Å²) in [5.41, 5.74) is 0.327. The molecule has 8 nitrogen and oxygen atoms in total. The van der Waals surface area contributed by atoms with Gasteiger partial charge in [-0.2, -0.15) is 0 Å². The lowest BCUT2D eigenvalue weighted by Gasteiger charge is -2.27. The summed E-state index contributed by atoms with van der Waals surface area (Å²) in [6.07, 6.45) is 2.25. The zero-order chi connectivity index (χ0) is 22.0. The summed E-state index contributed by atoms with van der Waals surface area (Å²) in [6, 6.07) is 2.02.